The fourth-order valence-corrected chi connectivity index (χ4v) is 3.06. The van der Waals surface area contributed by atoms with E-state index in [9.17, 15) is 4.79 Å². The Bertz CT molecular complexity index is 1220. The second-order valence-electron chi connectivity index (χ2n) is 6.39. The Morgan fingerprint density at radius 3 is 2.57 bits per heavy atom. The Morgan fingerprint density at radius 1 is 1.00 bits per heavy atom. The van der Waals surface area contributed by atoms with E-state index < -0.39 is 0 Å². The number of H-pyrrole nitrogens is 1. The van der Waals surface area contributed by atoms with Crippen LogP contribution in [0.5, 0.6) is 5.75 Å². The molecule has 0 aliphatic heterocycles. The highest BCUT2D eigenvalue weighted by Crippen LogP contribution is 2.24. The van der Waals surface area contributed by atoms with Crippen molar-refractivity contribution in [3.05, 3.63) is 94.4 Å². The molecule has 5 heteroatoms. The van der Waals surface area contributed by atoms with E-state index in [0.717, 1.165) is 22.4 Å². The van der Waals surface area contributed by atoms with E-state index >= 15 is 0 Å². The number of aromatic nitrogens is 2. The van der Waals surface area contributed by atoms with Crippen LogP contribution in [0.2, 0.25) is 0 Å². The molecule has 0 aliphatic carbocycles. The molecular formula is C23H19N3O2. The number of rotatable bonds is 4. The summed E-state index contributed by atoms with van der Waals surface area (Å²) in [7, 11) is 1.64. The molecule has 0 amide bonds. The van der Waals surface area contributed by atoms with Crippen LogP contribution in [0.1, 0.15) is 11.3 Å². The Balaban J connectivity index is 1.70. The molecule has 0 spiro atoms. The van der Waals surface area contributed by atoms with Crippen molar-refractivity contribution >= 4 is 22.8 Å². The van der Waals surface area contributed by atoms with Crippen molar-refractivity contribution in [2.24, 2.45) is 5.73 Å². The summed E-state index contributed by atoms with van der Waals surface area (Å²) in [5, 5.41) is 0. The van der Waals surface area contributed by atoms with Gasteiger partial charge in [-0.3, -0.25) is 4.79 Å². The van der Waals surface area contributed by atoms with Gasteiger partial charge in [0.1, 0.15) is 5.75 Å². The summed E-state index contributed by atoms with van der Waals surface area (Å²) in [6, 6.07) is 23.2. The van der Waals surface area contributed by atoms with Crippen LogP contribution in [-0.4, -0.2) is 17.1 Å². The highest BCUT2D eigenvalue weighted by molar-refractivity contribution is 5.82. The third-order valence-corrected chi connectivity index (χ3v) is 4.51. The normalized spacial score (nSPS) is 11.5. The first-order chi connectivity index (χ1) is 13.6. The highest BCUT2D eigenvalue weighted by Gasteiger charge is 2.08. The standard InChI is InChI=1S/C23H19N3O2/c1-28-18-11-9-16(10-12-18)17-6-4-5-15(13-17)14-19(24)22-23(27)26-21-8-3-2-7-20(21)25-22/h2-14H,24H2,1H3,(H,26,27)/b19-14-. The first kappa shape index (κ1) is 17.5. The van der Waals surface area contributed by atoms with Crippen LogP contribution in [0.4, 0.5) is 0 Å². The van der Waals surface area contributed by atoms with E-state index in [1.807, 2.05) is 72.8 Å². The maximum Gasteiger partial charge on any atom is 0.276 e. The molecule has 3 N–H and O–H groups in total. The number of hydrogen-bond acceptors (Lipinski definition) is 4. The predicted molar refractivity (Wildman–Crippen MR) is 113 cm³/mol. The smallest absolute Gasteiger partial charge is 0.276 e. The second kappa shape index (κ2) is 7.40. The zero-order chi connectivity index (χ0) is 19.5. The Morgan fingerprint density at radius 2 is 1.79 bits per heavy atom. The van der Waals surface area contributed by atoms with Crippen LogP contribution in [0.3, 0.4) is 0 Å². The molecule has 0 fully saturated rings. The van der Waals surface area contributed by atoms with Crippen LogP contribution >= 0.6 is 0 Å². The van der Waals surface area contributed by atoms with Gasteiger partial charge >= 0.3 is 0 Å². The monoisotopic (exact) mass is 369 g/mol. The molecule has 0 saturated carbocycles. The van der Waals surface area contributed by atoms with Crippen molar-refractivity contribution in [2.75, 3.05) is 7.11 Å². The second-order valence-corrected chi connectivity index (χ2v) is 6.39. The van der Waals surface area contributed by atoms with Crippen molar-refractivity contribution in [1.82, 2.24) is 9.97 Å². The summed E-state index contributed by atoms with van der Waals surface area (Å²) in [5.41, 5.74) is 10.8. The van der Waals surface area contributed by atoms with Crippen LogP contribution in [0, 0.1) is 0 Å². The van der Waals surface area contributed by atoms with Gasteiger partial charge in [0, 0.05) is 0 Å². The molecule has 28 heavy (non-hydrogen) atoms. The molecular weight excluding hydrogens is 350 g/mol. The molecule has 0 unspecified atom stereocenters. The molecule has 1 aromatic heterocycles. The molecule has 0 saturated heterocycles. The average molecular weight is 369 g/mol. The van der Waals surface area contributed by atoms with Gasteiger partial charge in [-0.15, -0.1) is 0 Å². The van der Waals surface area contributed by atoms with Crippen molar-refractivity contribution in [2.45, 2.75) is 0 Å². The van der Waals surface area contributed by atoms with Crippen molar-refractivity contribution in [3.63, 3.8) is 0 Å². The third kappa shape index (κ3) is 3.50. The van der Waals surface area contributed by atoms with Gasteiger partial charge in [0.25, 0.3) is 5.56 Å². The predicted octanol–water partition coefficient (Wildman–Crippen LogP) is 4.06. The first-order valence-electron chi connectivity index (χ1n) is 8.85. The number of nitrogens with one attached hydrogen (secondary N) is 1. The zero-order valence-corrected chi connectivity index (χ0v) is 15.3. The molecule has 4 rings (SSSR count). The van der Waals surface area contributed by atoms with Crippen molar-refractivity contribution < 1.29 is 4.74 Å². The Hall–Kier alpha value is -3.86. The number of ether oxygens (including phenoxy) is 1. The van der Waals surface area contributed by atoms with E-state index in [1.165, 1.54) is 0 Å². The summed E-state index contributed by atoms with van der Waals surface area (Å²) < 4.78 is 5.21. The number of methoxy groups -OCH3 is 1. The van der Waals surface area contributed by atoms with Crippen LogP contribution < -0.4 is 16.0 Å². The number of fused-ring (bicyclic) bond motifs is 1. The minimum atomic E-state index is -0.307. The van der Waals surface area contributed by atoms with Gasteiger partial charge in [-0.25, -0.2) is 4.98 Å². The molecule has 0 aliphatic rings. The largest absolute Gasteiger partial charge is 0.497 e. The van der Waals surface area contributed by atoms with Gasteiger partial charge in [-0.1, -0.05) is 42.5 Å². The van der Waals surface area contributed by atoms with Gasteiger partial charge in [-0.2, -0.15) is 0 Å². The van der Waals surface area contributed by atoms with Crippen LogP contribution in [-0.2, 0) is 0 Å². The number of nitrogens with two attached hydrogens (primary N) is 1. The molecule has 0 bridgehead atoms. The number of nitrogens with zero attached hydrogens (tertiary/aromatic N) is 1. The van der Waals surface area contributed by atoms with Crippen molar-refractivity contribution in [1.29, 1.82) is 0 Å². The van der Waals surface area contributed by atoms with Gasteiger partial charge < -0.3 is 15.5 Å². The summed E-state index contributed by atoms with van der Waals surface area (Å²) in [4.78, 5) is 19.6. The Labute approximate surface area is 162 Å². The van der Waals surface area contributed by atoms with E-state index in [2.05, 4.69) is 9.97 Å². The third-order valence-electron chi connectivity index (χ3n) is 4.51. The molecule has 0 radical (unpaired) electrons. The SMILES string of the molecule is COc1ccc(-c2cccc(/C=C(\N)c3nc4ccccc4[nH]c3=O)c2)cc1. The minimum absolute atomic E-state index is 0.216. The lowest BCUT2D eigenvalue weighted by atomic mass is 10.0. The molecule has 0 atom stereocenters. The molecule has 4 aromatic rings. The Kier molecular flexibility index (Phi) is 4.64. The lowest BCUT2D eigenvalue weighted by Gasteiger charge is -2.06. The van der Waals surface area contributed by atoms with E-state index in [0.29, 0.717) is 16.7 Å². The summed E-state index contributed by atoms with van der Waals surface area (Å²) in [6.07, 6.45) is 1.76. The molecule has 5 nitrogen and oxygen atoms in total. The average Bonchev–Trinajstić information content (AvgIpc) is 2.73. The first-order valence-corrected chi connectivity index (χ1v) is 8.85. The van der Waals surface area contributed by atoms with Crippen molar-refractivity contribution in [3.8, 4) is 16.9 Å². The van der Waals surface area contributed by atoms with Gasteiger partial charge in [0.2, 0.25) is 0 Å². The van der Waals surface area contributed by atoms with E-state index in [4.69, 9.17) is 10.5 Å². The van der Waals surface area contributed by atoms with E-state index in [1.54, 1.807) is 13.2 Å². The maximum atomic E-state index is 12.4. The maximum absolute atomic E-state index is 12.4. The lowest BCUT2D eigenvalue weighted by Crippen LogP contribution is -2.17. The van der Waals surface area contributed by atoms with E-state index in [-0.39, 0.29) is 11.3 Å². The topological polar surface area (TPSA) is 81.0 Å². The van der Waals surface area contributed by atoms with Gasteiger partial charge in [0.05, 0.1) is 23.8 Å². The quantitative estimate of drug-likeness (QED) is 0.568. The summed E-state index contributed by atoms with van der Waals surface area (Å²) in [5.74, 6) is 0.811. The summed E-state index contributed by atoms with van der Waals surface area (Å²) in [6.45, 7) is 0. The fourth-order valence-electron chi connectivity index (χ4n) is 3.06. The van der Waals surface area contributed by atoms with Gasteiger partial charge in [0.15, 0.2) is 5.69 Å². The fraction of sp³-hybridized carbons (Fsp3) is 0.0435. The van der Waals surface area contributed by atoms with Crippen LogP contribution in [0.15, 0.2) is 77.6 Å². The molecule has 138 valence electrons. The number of para-hydroxylation sites is 2. The zero-order valence-electron chi connectivity index (χ0n) is 15.3. The summed E-state index contributed by atoms with van der Waals surface area (Å²) >= 11 is 0. The minimum Gasteiger partial charge on any atom is -0.497 e. The van der Waals surface area contributed by atoms with Crippen LogP contribution in [0.25, 0.3) is 33.9 Å². The lowest BCUT2D eigenvalue weighted by molar-refractivity contribution is 0.415. The number of hydrogen-bond donors (Lipinski definition) is 2. The highest BCUT2D eigenvalue weighted by atomic mass is 16.5. The van der Waals surface area contributed by atoms with Gasteiger partial charge in [-0.05, 0) is 53.1 Å². The number of benzene rings is 3. The molecule has 1 heterocycles. The molecule has 3 aromatic carbocycles. The number of aromatic amines is 1.